The van der Waals surface area contributed by atoms with E-state index in [2.05, 4.69) is 5.32 Å². The maximum absolute atomic E-state index is 13.5. The van der Waals surface area contributed by atoms with Gasteiger partial charge in [-0.2, -0.15) is 0 Å². The van der Waals surface area contributed by atoms with E-state index in [1.807, 2.05) is 6.92 Å². The van der Waals surface area contributed by atoms with E-state index < -0.39 is 28.5 Å². The minimum Gasteiger partial charge on any atom is -0.354 e. The number of halogens is 3. The smallest absolute Gasteiger partial charge is 0.244 e. The van der Waals surface area contributed by atoms with Gasteiger partial charge in [-0.05, 0) is 61.7 Å². The van der Waals surface area contributed by atoms with Gasteiger partial charge >= 0.3 is 0 Å². The zero-order chi connectivity index (χ0) is 26.3. The topological polar surface area (TPSA) is 86.8 Å². The Kier molecular flexibility index (Phi) is 10.7. The van der Waals surface area contributed by atoms with Crippen LogP contribution in [-0.2, 0) is 26.2 Å². The summed E-state index contributed by atoms with van der Waals surface area (Å²) in [7, 11) is -3.83. The Hall–Kier alpha value is -2.00. The van der Waals surface area contributed by atoms with Crippen molar-refractivity contribution in [3.63, 3.8) is 0 Å². The van der Waals surface area contributed by atoms with Gasteiger partial charge in [0.2, 0.25) is 21.8 Å². The molecule has 0 aliphatic rings. The fraction of sp³-hybridized carbons (Fsp3) is 0.417. The highest BCUT2D eigenvalue weighted by Crippen LogP contribution is 2.27. The number of nitrogens with one attached hydrogen (secondary N) is 1. The maximum Gasteiger partial charge on any atom is 0.244 e. The first-order valence-corrected chi connectivity index (χ1v) is 14.1. The number of benzene rings is 2. The number of hydrogen-bond donors (Lipinski definition) is 1. The quantitative estimate of drug-likeness (QED) is 0.388. The van der Waals surface area contributed by atoms with Crippen LogP contribution in [-0.4, -0.2) is 50.5 Å². The molecule has 0 heterocycles. The fourth-order valence-electron chi connectivity index (χ4n) is 3.45. The molecule has 0 aliphatic carbocycles. The van der Waals surface area contributed by atoms with Crippen LogP contribution in [0.25, 0.3) is 0 Å². The van der Waals surface area contributed by atoms with Crippen LogP contribution in [0.2, 0.25) is 15.1 Å². The van der Waals surface area contributed by atoms with Gasteiger partial charge in [0.05, 0.1) is 22.0 Å². The van der Waals surface area contributed by atoms with Crippen LogP contribution in [0.15, 0.2) is 36.4 Å². The molecule has 2 rings (SSSR count). The number of aryl methyl sites for hydroxylation is 1. The minimum absolute atomic E-state index is 0.0370. The van der Waals surface area contributed by atoms with Crippen LogP contribution in [0, 0.1) is 6.92 Å². The molecule has 35 heavy (non-hydrogen) atoms. The molecule has 0 spiro atoms. The standard InChI is InChI=1S/C24H30Cl3N3O4S/c1-5-6-11-28-24(32)17(3)29(14-18-7-9-20(26)21(27)13-18)23(31)15-30(35(4,33)34)22-10-8-19(25)12-16(22)2/h7-10,12-13,17H,5-6,11,14-15H2,1-4H3,(H,28,32)/t17-/m1/s1. The molecule has 0 saturated carbocycles. The van der Waals surface area contributed by atoms with Gasteiger partial charge in [-0.3, -0.25) is 13.9 Å². The van der Waals surface area contributed by atoms with Crippen molar-refractivity contribution in [1.29, 1.82) is 0 Å². The number of carbonyl (C=O) groups is 2. The highest BCUT2D eigenvalue weighted by Gasteiger charge is 2.30. The third kappa shape index (κ3) is 8.27. The van der Waals surface area contributed by atoms with Gasteiger partial charge in [0.15, 0.2) is 0 Å². The average Bonchev–Trinajstić information content (AvgIpc) is 2.77. The van der Waals surface area contributed by atoms with Gasteiger partial charge in [-0.1, -0.05) is 54.2 Å². The minimum atomic E-state index is -3.83. The summed E-state index contributed by atoms with van der Waals surface area (Å²) in [6.07, 6.45) is 2.74. The number of anilines is 1. The van der Waals surface area contributed by atoms with E-state index in [0.29, 0.717) is 38.4 Å². The Bertz CT molecular complexity index is 1170. The van der Waals surface area contributed by atoms with Crippen LogP contribution < -0.4 is 9.62 Å². The SMILES string of the molecule is CCCCNC(=O)[C@@H](C)N(Cc1ccc(Cl)c(Cl)c1)C(=O)CN(c1ccc(Cl)cc1C)S(C)(=O)=O. The molecule has 7 nitrogen and oxygen atoms in total. The van der Waals surface area contributed by atoms with Crippen molar-refractivity contribution in [2.45, 2.75) is 46.2 Å². The monoisotopic (exact) mass is 561 g/mol. The zero-order valence-electron chi connectivity index (χ0n) is 20.1. The molecule has 0 aromatic heterocycles. The summed E-state index contributed by atoms with van der Waals surface area (Å²) in [6, 6.07) is 8.80. The fourth-order valence-corrected chi connectivity index (χ4v) is 4.90. The molecule has 0 fully saturated rings. The highest BCUT2D eigenvalue weighted by molar-refractivity contribution is 7.92. The summed E-state index contributed by atoms with van der Waals surface area (Å²) in [5.74, 6) is -0.880. The Morgan fingerprint density at radius 1 is 1.06 bits per heavy atom. The third-order valence-corrected chi connectivity index (χ3v) is 7.54. The van der Waals surface area contributed by atoms with Crippen LogP contribution >= 0.6 is 34.8 Å². The molecule has 0 bridgehead atoms. The zero-order valence-corrected chi connectivity index (χ0v) is 23.2. The van der Waals surface area contributed by atoms with Crippen molar-refractivity contribution in [3.8, 4) is 0 Å². The predicted molar refractivity (Wildman–Crippen MR) is 143 cm³/mol. The highest BCUT2D eigenvalue weighted by atomic mass is 35.5. The summed E-state index contributed by atoms with van der Waals surface area (Å²) in [5, 5.41) is 3.95. The molecule has 192 valence electrons. The van der Waals surface area contributed by atoms with E-state index in [4.69, 9.17) is 34.8 Å². The van der Waals surface area contributed by atoms with Gasteiger partial charge in [0.25, 0.3) is 0 Å². The first-order chi connectivity index (χ1) is 16.3. The Labute approximate surface area is 222 Å². The number of nitrogens with zero attached hydrogens (tertiary/aromatic N) is 2. The molecule has 2 aromatic rings. The van der Waals surface area contributed by atoms with Gasteiger partial charge in [0, 0.05) is 18.1 Å². The van der Waals surface area contributed by atoms with E-state index in [0.717, 1.165) is 23.4 Å². The lowest BCUT2D eigenvalue weighted by Crippen LogP contribution is -2.51. The normalized spacial score (nSPS) is 12.2. The van der Waals surface area contributed by atoms with Crippen LogP contribution in [0.3, 0.4) is 0 Å². The van der Waals surface area contributed by atoms with Crippen molar-refractivity contribution < 1.29 is 18.0 Å². The lowest BCUT2D eigenvalue weighted by atomic mass is 10.1. The Balaban J connectivity index is 2.40. The molecule has 0 unspecified atom stereocenters. The first-order valence-electron chi connectivity index (χ1n) is 11.1. The van der Waals surface area contributed by atoms with Crippen molar-refractivity contribution in [3.05, 3.63) is 62.6 Å². The number of unbranched alkanes of at least 4 members (excludes halogenated alkanes) is 1. The number of sulfonamides is 1. The number of carbonyl (C=O) groups excluding carboxylic acids is 2. The second-order valence-corrected chi connectivity index (χ2v) is 11.4. The molecule has 1 N–H and O–H groups in total. The van der Waals surface area contributed by atoms with E-state index in [1.165, 1.54) is 4.90 Å². The molecule has 0 radical (unpaired) electrons. The number of rotatable bonds is 11. The molecule has 2 aromatic carbocycles. The van der Waals surface area contributed by atoms with E-state index in [-0.39, 0.29) is 12.5 Å². The van der Waals surface area contributed by atoms with Gasteiger partial charge in [0.1, 0.15) is 12.6 Å². The van der Waals surface area contributed by atoms with Crippen LogP contribution in [0.4, 0.5) is 5.69 Å². The lowest BCUT2D eigenvalue weighted by Gasteiger charge is -2.32. The third-order valence-electron chi connectivity index (χ3n) is 5.44. The predicted octanol–water partition coefficient (Wildman–Crippen LogP) is 5.05. The second-order valence-electron chi connectivity index (χ2n) is 8.29. The molecule has 1 atom stereocenters. The van der Waals surface area contributed by atoms with Crippen molar-refractivity contribution >= 4 is 62.3 Å². The van der Waals surface area contributed by atoms with Crippen molar-refractivity contribution in [1.82, 2.24) is 10.2 Å². The average molecular weight is 563 g/mol. The van der Waals surface area contributed by atoms with Crippen LogP contribution in [0.1, 0.15) is 37.8 Å². The summed E-state index contributed by atoms with van der Waals surface area (Å²) >= 11 is 18.2. The van der Waals surface area contributed by atoms with Gasteiger partial charge in [-0.15, -0.1) is 0 Å². The Morgan fingerprint density at radius 2 is 1.74 bits per heavy atom. The number of hydrogen-bond acceptors (Lipinski definition) is 4. The summed E-state index contributed by atoms with van der Waals surface area (Å²) < 4.78 is 26.3. The van der Waals surface area contributed by atoms with E-state index >= 15 is 0 Å². The first kappa shape index (κ1) is 29.2. The molecule has 0 aliphatic heterocycles. The molecular weight excluding hydrogens is 533 g/mol. The Morgan fingerprint density at radius 3 is 2.31 bits per heavy atom. The summed E-state index contributed by atoms with van der Waals surface area (Å²) in [5.41, 5.74) is 1.58. The molecule has 2 amide bonds. The molecule has 11 heteroatoms. The number of amides is 2. The van der Waals surface area contributed by atoms with Crippen molar-refractivity contribution in [2.75, 3.05) is 23.7 Å². The summed E-state index contributed by atoms with van der Waals surface area (Å²) in [4.78, 5) is 27.7. The molecular formula is C24H30Cl3N3O4S. The van der Waals surface area contributed by atoms with Gasteiger partial charge < -0.3 is 10.2 Å². The van der Waals surface area contributed by atoms with E-state index in [1.54, 1.807) is 50.2 Å². The maximum atomic E-state index is 13.5. The van der Waals surface area contributed by atoms with E-state index in [9.17, 15) is 18.0 Å². The van der Waals surface area contributed by atoms with Crippen molar-refractivity contribution in [2.24, 2.45) is 0 Å². The summed E-state index contributed by atoms with van der Waals surface area (Å²) in [6.45, 7) is 5.35. The van der Waals surface area contributed by atoms with Crippen LogP contribution in [0.5, 0.6) is 0 Å². The largest absolute Gasteiger partial charge is 0.354 e. The lowest BCUT2D eigenvalue weighted by molar-refractivity contribution is -0.139. The molecule has 0 saturated heterocycles. The second kappa shape index (κ2) is 12.8. The van der Waals surface area contributed by atoms with Gasteiger partial charge in [-0.25, -0.2) is 8.42 Å².